The summed E-state index contributed by atoms with van der Waals surface area (Å²) in [5.41, 5.74) is 1.27. The van der Waals surface area contributed by atoms with Crippen LogP contribution in [0, 0.1) is 17.0 Å². The van der Waals surface area contributed by atoms with Crippen LogP contribution in [0.1, 0.15) is 44.2 Å². The average molecular weight is 453 g/mol. The van der Waals surface area contributed by atoms with Crippen molar-refractivity contribution >= 4 is 23.2 Å². The molecule has 0 bridgehead atoms. The minimum Gasteiger partial charge on any atom is -0.355 e. The van der Waals surface area contributed by atoms with Crippen LogP contribution in [0.2, 0.25) is 0 Å². The summed E-state index contributed by atoms with van der Waals surface area (Å²) >= 11 is 0. The molecule has 1 aliphatic carbocycles. The Bertz CT molecular complexity index is 970. The van der Waals surface area contributed by atoms with Gasteiger partial charge in [0.25, 0.3) is 5.69 Å². The molecule has 4 rings (SSSR count). The molecule has 1 aromatic carbocycles. The van der Waals surface area contributed by atoms with E-state index in [1.54, 1.807) is 19.1 Å². The highest BCUT2D eigenvalue weighted by Gasteiger charge is 2.30. The van der Waals surface area contributed by atoms with Crippen LogP contribution in [0.4, 0.5) is 22.0 Å². The third-order valence-corrected chi connectivity index (χ3v) is 6.55. The van der Waals surface area contributed by atoms with Crippen molar-refractivity contribution in [2.45, 2.75) is 63.6 Å². The maximum Gasteiger partial charge on any atom is 0.319 e. The van der Waals surface area contributed by atoms with E-state index in [0.717, 1.165) is 63.1 Å². The highest BCUT2D eigenvalue weighted by atomic mass is 16.6. The number of nitro groups is 1. The molecule has 3 atom stereocenters. The number of hydrogen-bond acceptors (Lipinski definition) is 6. The number of piperidine rings is 1. The maximum absolute atomic E-state index is 12.5. The molecule has 9 nitrogen and oxygen atoms in total. The summed E-state index contributed by atoms with van der Waals surface area (Å²) in [5.74, 6) is 0.783. The van der Waals surface area contributed by atoms with E-state index >= 15 is 0 Å². The van der Waals surface area contributed by atoms with Gasteiger partial charge in [0.2, 0.25) is 0 Å². The van der Waals surface area contributed by atoms with Gasteiger partial charge in [0.15, 0.2) is 0 Å². The highest BCUT2D eigenvalue weighted by molar-refractivity contribution is 5.89. The molecule has 1 saturated heterocycles. The SMILES string of the molecule is Cc1nc(N2CCC[C@H](N[C@@H]3CCCC[C@H]3NC(=O)Nc3ccccc3)C2)ccc1[N+](=O)[O-]. The molecule has 176 valence electrons. The van der Waals surface area contributed by atoms with Gasteiger partial charge < -0.3 is 20.9 Å². The van der Waals surface area contributed by atoms with Gasteiger partial charge in [-0.1, -0.05) is 31.0 Å². The molecule has 9 heteroatoms. The van der Waals surface area contributed by atoms with Crippen molar-refractivity contribution in [2.24, 2.45) is 0 Å². The van der Waals surface area contributed by atoms with E-state index in [4.69, 9.17) is 0 Å². The number of rotatable bonds is 6. The standard InChI is InChI=1S/C24H32N6O3/c1-17-22(30(32)33)13-14-23(25-17)29-15-7-10-19(16-29)26-20-11-5-6-12-21(20)28-24(31)27-18-8-3-2-4-9-18/h2-4,8-9,13-14,19-21,26H,5-7,10-12,15-16H2,1H3,(H2,27,28,31)/t19-,20+,21+/m0/s1. The van der Waals surface area contributed by atoms with Gasteiger partial charge in [-0.15, -0.1) is 0 Å². The van der Waals surface area contributed by atoms with E-state index in [1.807, 2.05) is 30.3 Å². The molecule has 0 radical (unpaired) electrons. The Hall–Kier alpha value is -3.20. The van der Waals surface area contributed by atoms with Crippen molar-refractivity contribution in [1.82, 2.24) is 15.6 Å². The molecule has 2 fully saturated rings. The Morgan fingerprint density at radius 2 is 1.82 bits per heavy atom. The minimum absolute atomic E-state index is 0.0512. The number of para-hydroxylation sites is 1. The van der Waals surface area contributed by atoms with Gasteiger partial charge in [0.05, 0.1) is 4.92 Å². The Balaban J connectivity index is 1.35. The lowest BCUT2D eigenvalue weighted by atomic mass is 9.89. The first-order valence-corrected chi connectivity index (χ1v) is 11.7. The number of pyridine rings is 1. The van der Waals surface area contributed by atoms with Gasteiger partial charge in [0, 0.05) is 43.0 Å². The summed E-state index contributed by atoms with van der Waals surface area (Å²) in [4.78, 5) is 29.9. The number of hydrogen-bond donors (Lipinski definition) is 3. The average Bonchev–Trinajstić information content (AvgIpc) is 2.81. The number of nitrogens with zero attached hydrogens (tertiary/aromatic N) is 3. The first-order valence-electron chi connectivity index (χ1n) is 11.7. The van der Waals surface area contributed by atoms with E-state index in [2.05, 4.69) is 25.8 Å². The zero-order valence-corrected chi connectivity index (χ0v) is 19.0. The third kappa shape index (κ3) is 5.98. The number of amides is 2. The monoisotopic (exact) mass is 452 g/mol. The molecule has 2 aromatic rings. The predicted molar refractivity (Wildman–Crippen MR) is 129 cm³/mol. The minimum atomic E-state index is -0.392. The Kier molecular flexibility index (Phi) is 7.39. The van der Waals surface area contributed by atoms with Crippen LogP contribution in [0.3, 0.4) is 0 Å². The maximum atomic E-state index is 12.5. The summed E-state index contributed by atoms with van der Waals surface area (Å²) in [6, 6.07) is 13.2. The lowest BCUT2D eigenvalue weighted by molar-refractivity contribution is -0.385. The van der Waals surface area contributed by atoms with Crippen LogP contribution in [-0.2, 0) is 0 Å². The highest BCUT2D eigenvalue weighted by Crippen LogP contribution is 2.25. The molecule has 3 N–H and O–H groups in total. The number of aryl methyl sites for hydroxylation is 1. The molecular formula is C24H32N6O3. The summed E-state index contributed by atoms with van der Waals surface area (Å²) in [6.07, 6.45) is 6.32. The normalized spacial score (nSPS) is 23.1. The summed E-state index contributed by atoms with van der Waals surface area (Å²) < 4.78 is 0. The molecule has 1 aromatic heterocycles. The van der Waals surface area contributed by atoms with Crippen molar-refractivity contribution in [1.29, 1.82) is 0 Å². The van der Waals surface area contributed by atoms with Crippen LogP contribution in [0.25, 0.3) is 0 Å². The van der Waals surface area contributed by atoms with Gasteiger partial charge in [-0.05, 0) is 50.8 Å². The zero-order chi connectivity index (χ0) is 23.2. The van der Waals surface area contributed by atoms with E-state index in [9.17, 15) is 14.9 Å². The van der Waals surface area contributed by atoms with Crippen molar-refractivity contribution in [3.05, 3.63) is 58.3 Å². The molecule has 0 unspecified atom stereocenters. The van der Waals surface area contributed by atoms with E-state index < -0.39 is 4.92 Å². The largest absolute Gasteiger partial charge is 0.355 e. The van der Waals surface area contributed by atoms with Crippen LogP contribution < -0.4 is 20.9 Å². The zero-order valence-electron chi connectivity index (χ0n) is 19.0. The summed E-state index contributed by atoms with van der Waals surface area (Å²) in [7, 11) is 0. The van der Waals surface area contributed by atoms with E-state index in [1.165, 1.54) is 0 Å². The molecule has 2 heterocycles. The number of nitrogens with one attached hydrogen (secondary N) is 3. The second kappa shape index (κ2) is 10.6. The lowest BCUT2D eigenvalue weighted by Crippen LogP contribution is -2.57. The smallest absolute Gasteiger partial charge is 0.319 e. The van der Waals surface area contributed by atoms with Crippen LogP contribution >= 0.6 is 0 Å². The van der Waals surface area contributed by atoms with Crippen molar-refractivity contribution in [3.63, 3.8) is 0 Å². The summed E-state index contributed by atoms with van der Waals surface area (Å²) in [6.45, 7) is 3.36. The fraction of sp³-hybridized carbons (Fsp3) is 0.500. The second-order valence-corrected chi connectivity index (χ2v) is 8.94. The van der Waals surface area contributed by atoms with Crippen molar-refractivity contribution in [3.8, 4) is 0 Å². The third-order valence-electron chi connectivity index (χ3n) is 6.55. The number of anilines is 2. The van der Waals surface area contributed by atoms with Crippen LogP contribution in [0.5, 0.6) is 0 Å². The second-order valence-electron chi connectivity index (χ2n) is 8.94. The Morgan fingerprint density at radius 3 is 2.55 bits per heavy atom. The van der Waals surface area contributed by atoms with Gasteiger partial charge in [0.1, 0.15) is 11.5 Å². The molecule has 33 heavy (non-hydrogen) atoms. The first kappa shape index (κ1) is 23.0. The predicted octanol–water partition coefficient (Wildman–Crippen LogP) is 3.99. The number of benzene rings is 1. The van der Waals surface area contributed by atoms with Crippen molar-refractivity contribution < 1.29 is 9.72 Å². The number of carbonyl (C=O) groups excluding carboxylic acids is 1. The molecule has 1 aliphatic heterocycles. The fourth-order valence-electron chi connectivity index (χ4n) is 4.89. The lowest BCUT2D eigenvalue weighted by Gasteiger charge is -2.40. The van der Waals surface area contributed by atoms with Crippen LogP contribution in [0.15, 0.2) is 42.5 Å². The number of aromatic nitrogens is 1. The van der Waals surface area contributed by atoms with E-state index in [-0.39, 0.29) is 29.8 Å². The molecule has 2 amide bonds. The van der Waals surface area contributed by atoms with Gasteiger partial charge in [-0.3, -0.25) is 10.1 Å². The van der Waals surface area contributed by atoms with Gasteiger partial charge in [-0.2, -0.15) is 0 Å². The first-order chi connectivity index (χ1) is 16.0. The molecule has 2 aliphatic rings. The topological polar surface area (TPSA) is 112 Å². The fourth-order valence-corrected chi connectivity index (χ4v) is 4.89. The molecular weight excluding hydrogens is 420 g/mol. The quantitative estimate of drug-likeness (QED) is 0.451. The number of carbonyl (C=O) groups is 1. The Labute approximate surface area is 194 Å². The van der Waals surface area contributed by atoms with E-state index in [0.29, 0.717) is 5.69 Å². The van der Waals surface area contributed by atoms with Crippen LogP contribution in [-0.4, -0.2) is 47.2 Å². The number of urea groups is 1. The van der Waals surface area contributed by atoms with Gasteiger partial charge in [-0.25, -0.2) is 9.78 Å². The Morgan fingerprint density at radius 1 is 1.06 bits per heavy atom. The molecule has 0 spiro atoms. The van der Waals surface area contributed by atoms with Crippen molar-refractivity contribution in [2.75, 3.05) is 23.3 Å². The summed E-state index contributed by atoms with van der Waals surface area (Å²) in [5, 5.41) is 21.0. The van der Waals surface area contributed by atoms with Gasteiger partial charge >= 0.3 is 6.03 Å². The molecule has 1 saturated carbocycles.